The van der Waals surface area contributed by atoms with Gasteiger partial charge in [-0.2, -0.15) is 5.10 Å². The quantitative estimate of drug-likeness (QED) is 0.743. The van der Waals surface area contributed by atoms with Crippen molar-refractivity contribution < 1.29 is 9.90 Å². The summed E-state index contributed by atoms with van der Waals surface area (Å²) >= 11 is 0. The average molecular weight is 210 g/mol. The fourth-order valence-electron chi connectivity index (χ4n) is 2.44. The maximum Gasteiger partial charge on any atom is 0.251 e. The highest BCUT2D eigenvalue weighted by atomic mass is 16.3. The number of hydrogen-bond acceptors (Lipinski definition) is 3. The molecule has 2 aliphatic rings. The van der Waals surface area contributed by atoms with Gasteiger partial charge in [-0.3, -0.25) is 4.79 Å². The number of amides is 1. The zero-order chi connectivity index (χ0) is 11.0. The Balaban J connectivity index is 2.16. The van der Waals surface area contributed by atoms with Gasteiger partial charge in [-0.05, 0) is 32.6 Å². The SMILES string of the molecule is CCC1=NN(C2CCCC2O)C(=O)C1C. The molecule has 1 aliphatic heterocycles. The number of carbonyl (C=O) groups is 1. The summed E-state index contributed by atoms with van der Waals surface area (Å²) in [6, 6.07) is -0.0796. The Morgan fingerprint density at radius 2 is 2.27 bits per heavy atom. The second-order valence-electron chi connectivity index (χ2n) is 4.41. The Bertz CT molecular complexity index is 301. The van der Waals surface area contributed by atoms with Gasteiger partial charge in [-0.15, -0.1) is 0 Å². The molecule has 0 bridgehead atoms. The molecule has 1 saturated carbocycles. The summed E-state index contributed by atoms with van der Waals surface area (Å²) in [7, 11) is 0. The number of carbonyl (C=O) groups excluding carboxylic acids is 1. The molecule has 3 atom stereocenters. The van der Waals surface area contributed by atoms with Crippen molar-refractivity contribution >= 4 is 11.6 Å². The molecule has 0 saturated heterocycles. The minimum absolute atomic E-state index is 0.0535. The molecule has 0 spiro atoms. The van der Waals surface area contributed by atoms with Crippen molar-refractivity contribution in [3.05, 3.63) is 0 Å². The molecule has 1 fully saturated rings. The largest absolute Gasteiger partial charge is 0.391 e. The lowest BCUT2D eigenvalue weighted by molar-refractivity contribution is -0.135. The van der Waals surface area contributed by atoms with Crippen molar-refractivity contribution in [2.24, 2.45) is 11.0 Å². The van der Waals surface area contributed by atoms with Gasteiger partial charge in [0.15, 0.2) is 0 Å². The molecule has 84 valence electrons. The van der Waals surface area contributed by atoms with Crippen LogP contribution in [0.25, 0.3) is 0 Å². The van der Waals surface area contributed by atoms with Gasteiger partial charge in [-0.1, -0.05) is 6.92 Å². The molecular weight excluding hydrogens is 192 g/mol. The van der Waals surface area contributed by atoms with E-state index in [-0.39, 0.29) is 24.0 Å². The van der Waals surface area contributed by atoms with Crippen LogP contribution in [-0.4, -0.2) is 33.9 Å². The van der Waals surface area contributed by atoms with Crippen LogP contribution in [0.2, 0.25) is 0 Å². The maximum atomic E-state index is 11.9. The van der Waals surface area contributed by atoms with Gasteiger partial charge < -0.3 is 5.11 Å². The van der Waals surface area contributed by atoms with Crippen molar-refractivity contribution in [2.45, 2.75) is 51.7 Å². The van der Waals surface area contributed by atoms with Gasteiger partial charge in [0, 0.05) is 0 Å². The predicted molar refractivity (Wildman–Crippen MR) is 57.4 cm³/mol. The molecule has 4 nitrogen and oxygen atoms in total. The first-order valence-corrected chi connectivity index (χ1v) is 5.73. The van der Waals surface area contributed by atoms with Crippen LogP contribution in [-0.2, 0) is 4.79 Å². The first-order valence-electron chi connectivity index (χ1n) is 5.73. The Kier molecular flexibility index (Phi) is 2.78. The molecule has 3 unspecified atom stereocenters. The Morgan fingerprint density at radius 3 is 2.73 bits per heavy atom. The second kappa shape index (κ2) is 3.93. The molecule has 4 heteroatoms. The molecule has 0 aromatic carbocycles. The van der Waals surface area contributed by atoms with Crippen LogP contribution in [0, 0.1) is 5.92 Å². The van der Waals surface area contributed by atoms with E-state index in [9.17, 15) is 9.90 Å². The fourth-order valence-corrected chi connectivity index (χ4v) is 2.44. The summed E-state index contributed by atoms with van der Waals surface area (Å²) in [4.78, 5) is 11.9. The summed E-state index contributed by atoms with van der Waals surface area (Å²) in [5.74, 6) is -0.0411. The van der Waals surface area contributed by atoms with Crippen LogP contribution in [0.3, 0.4) is 0 Å². The standard InChI is InChI=1S/C11H18N2O2/c1-3-8-7(2)11(15)13(12-8)9-5-4-6-10(9)14/h7,9-10,14H,3-6H2,1-2H3. The molecular formula is C11H18N2O2. The lowest BCUT2D eigenvalue weighted by Crippen LogP contribution is -2.40. The summed E-state index contributed by atoms with van der Waals surface area (Å²) < 4.78 is 0. The maximum absolute atomic E-state index is 11.9. The predicted octanol–water partition coefficient (Wildman–Crippen LogP) is 1.14. The van der Waals surface area contributed by atoms with Crippen molar-refractivity contribution in [3.8, 4) is 0 Å². The fraction of sp³-hybridized carbons (Fsp3) is 0.818. The van der Waals surface area contributed by atoms with Crippen LogP contribution in [0.4, 0.5) is 0 Å². The molecule has 0 aromatic heterocycles. The smallest absolute Gasteiger partial charge is 0.251 e. The van der Waals surface area contributed by atoms with E-state index in [1.54, 1.807) is 0 Å². The molecule has 1 heterocycles. The summed E-state index contributed by atoms with van der Waals surface area (Å²) in [6.45, 7) is 3.91. The van der Waals surface area contributed by atoms with Crippen LogP contribution < -0.4 is 0 Å². The van der Waals surface area contributed by atoms with Crippen molar-refractivity contribution in [3.63, 3.8) is 0 Å². The van der Waals surface area contributed by atoms with Gasteiger partial charge in [0.2, 0.25) is 0 Å². The van der Waals surface area contributed by atoms with E-state index in [2.05, 4.69) is 5.10 Å². The van der Waals surface area contributed by atoms with Crippen LogP contribution in [0.1, 0.15) is 39.5 Å². The Hall–Kier alpha value is -0.900. The molecule has 15 heavy (non-hydrogen) atoms. The van der Waals surface area contributed by atoms with E-state index < -0.39 is 0 Å². The number of hydrogen-bond donors (Lipinski definition) is 1. The highest BCUT2D eigenvalue weighted by molar-refractivity contribution is 6.07. The van der Waals surface area contributed by atoms with Crippen molar-refractivity contribution in [1.29, 1.82) is 0 Å². The minimum atomic E-state index is -0.388. The Morgan fingerprint density at radius 1 is 1.53 bits per heavy atom. The summed E-state index contributed by atoms with van der Waals surface area (Å²) in [5.41, 5.74) is 0.944. The molecule has 1 aliphatic carbocycles. The monoisotopic (exact) mass is 210 g/mol. The van der Waals surface area contributed by atoms with Gasteiger partial charge in [-0.25, -0.2) is 5.01 Å². The van der Waals surface area contributed by atoms with E-state index in [1.807, 2.05) is 13.8 Å². The lowest BCUT2D eigenvalue weighted by Gasteiger charge is -2.23. The number of aliphatic hydroxyl groups is 1. The van der Waals surface area contributed by atoms with Gasteiger partial charge >= 0.3 is 0 Å². The second-order valence-corrected chi connectivity index (χ2v) is 4.41. The Labute approximate surface area is 90.0 Å². The van der Waals surface area contributed by atoms with Crippen molar-refractivity contribution in [1.82, 2.24) is 5.01 Å². The van der Waals surface area contributed by atoms with Crippen LogP contribution in [0.15, 0.2) is 5.10 Å². The lowest BCUT2D eigenvalue weighted by atomic mass is 10.0. The van der Waals surface area contributed by atoms with E-state index in [0.717, 1.165) is 31.4 Å². The summed E-state index contributed by atoms with van der Waals surface area (Å²) in [5, 5.41) is 15.6. The van der Waals surface area contributed by atoms with E-state index in [4.69, 9.17) is 0 Å². The number of aliphatic hydroxyl groups excluding tert-OH is 1. The van der Waals surface area contributed by atoms with E-state index in [0.29, 0.717) is 0 Å². The first kappa shape index (κ1) is 10.6. The normalized spacial score (nSPS) is 36.2. The van der Waals surface area contributed by atoms with E-state index in [1.165, 1.54) is 5.01 Å². The van der Waals surface area contributed by atoms with Crippen LogP contribution in [0.5, 0.6) is 0 Å². The van der Waals surface area contributed by atoms with Gasteiger partial charge in [0.25, 0.3) is 5.91 Å². The number of rotatable bonds is 2. The number of nitrogens with zero attached hydrogens (tertiary/aromatic N) is 2. The molecule has 0 radical (unpaired) electrons. The minimum Gasteiger partial charge on any atom is -0.391 e. The third-order valence-corrected chi connectivity index (χ3v) is 3.45. The molecule has 1 N–H and O–H groups in total. The molecule has 2 rings (SSSR count). The van der Waals surface area contributed by atoms with Crippen LogP contribution >= 0.6 is 0 Å². The van der Waals surface area contributed by atoms with Gasteiger partial charge in [0.05, 0.1) is 23.8 Å². The zero-order valence-corrected chi connectivity index (χ0v) is 9.31. The van der Waals surface area contributed by atoms with E-state index >= 15 is 0 Å². The number of hydrazone groups is 1. The first-order chi connectivity index (χ1) is 7.15. The zero-order valence-electron chi connectivity index (χ0n) is 9.31. The molecule has 0 aromatic rings. The molecule has 1 amide bonds. The third-order valence-electron chi connectivity index (χ3n) is 3.45. The highest BCUT2D eigenvalue weighted by Crippen LogP contribution is 2.29. The summed E-state index contributed by atoms with van der Waals surface area (Å²) in [6.07, 6.45) is 3.08. The average Bonchev–Trinajstić information content (AvgIpc) is 2.74. The highest BCUT2D eigenvalue weighted by Gasteiger charge is 2.40. The third kappa shape index (κ3) is 1.67. The van der Waals surface area contributed by atoms with Crippen molar-refractivity contribution in [2.75, 3.05) is 0 Å². The van der Waals surface area contributed by atoms with Gasteiger partial charge in [0.1, 0.15) is 0 Å². The topological polar surface area (TPSA) is 52.9 Å².